The number of nitrogens with one attached hydrogen (secondary N) is 3. The Morgan fingerprint density at radius 2 is 2.08 bits per heavy atom. The van der Waals surface area contributed by atoms with E-state index in [-0.39, 0.29) is 30.4 Å². The van der Waals surface area contributed by atoms with Crippen LogP contribution in [0.15, 0.2) is 0 Å². The van der Waals surface area contributed by atoms with Gasteiger partial charge in [0.15, 0.2) is 0 Å². The lowest BCUT2D eigenvalue weighted by Gasteiger charge is -2.23. The van der Waals surface area contributed by atoms with E-state index in [4.69, 9.17) is 10.00 Å². The third-order valence-electron chi connectivity index (χ3n) is 4.09. The van der Waals surface area contributed by atoms with Crippen LogP contribution >= 0.6 is 0 Å². The standard InChI is InChI=1S/C15H24N4O3.C4H10/c16-8-12(7-11-3-1-5-18-15(11)21)19-14(20)10-17-9-13-4-2-6-22-13;1-4(2)3/h11-13,17H,1-7,9-10H2,(H,18,21)(H,19,20);4H,1-3H3. The molecule has 26 heavy (non-hydrogen) atoms. The van der Waals surface area contributed by atoms with Gasteiger partial charge in [-0.2, -0.15) is 5.26 Å². The van der Waals surface area contributed by atoms with Crippen LogP contribution in [0.1, 0.15) is 52.9 Å². The van der Waals surface area contributed by atoms with Gasteiger partial charge >= 0.3 is 0 Å². The maximum atomic E-state index is 11.8. The number of rotatable bonds is 7. The maximum absolute atomic E-state index is 11.8. The molecule has 2 aliphatic rings. The van der Waals surface area contributed by atoms with Gasteiger partial charge in [-0.1, -0.05) is 20.8 Å². The molecule has 3 N–H and O–H groups in total. The number of nitrogens with zero attached hydrogens (tertiary/aromatic N) is 1. The maximum Gasteiger partial charge on any atom is 0.234 e. The molecule has 0 radical (unpaired) electrons. The average Bonchev–Trinajstić information content (AvgIpc) is 3.09. The summed E-state index contributed by atoms with van der Waals surface area (Å²) in [5.41, 5.74) is 0. The minimum absolute atomic E-state index is 0.0164. The Morgan fingerprint density at radius 3 is 2.65 bits per heavy atom. The van der Waals surface area contributed by atoms with Gasteiger partial charge in [-0.25, -0.2) is 0 Å². The van der Waals surface area contributed by atoms with E-state index in [1.54, 1.807) is 0 Å². The van der Waals surface area contributed by atoms with Crippen LogP contribution in [0.2, 0.25) is 0 Å². The number of hydrogen-bond donors (Lipinski definition) is 3. The molecule has 0 aromatic carbocycles. The minimum atomic E-state index is -0.620. The monoisotopic (exact) mass is 366 g/mol. The summed E-state index contributed by atoms with van der Waals surface area (Å²) in [6, 6.07) is 1.45. The number of ether oxygens (including phenoxy) is 1. The van der Waals surface area contributed by atoms with Crippen molar-refractivity contribution in [2.24, 2.45) is 11.8 Å². The molecule has 2 fully saturated rings. The van der Waals surface area contributed by atoms with Gasteiger partial charge in [-0.3, -0.25) is 9.59 Å². The molecule has 0 saturated carbocycles. The van der Waals surface area contributed by atoms with Crippen molar-refractivity contribution in [2.75, 3.05) is 26.2 Å². The molecule has 7 heteroatoms. The van der Waals surface area contributed by atoms with E-state index in [0.29, 0.717) is 19.5 Å². The van der Waals surface area contributed by atoms with Gasteiger partial charge in [0.1, 0.15) is 6.04 Å². The molecule has 0 aliphatic carbocycles. The fourth-order valence-electron chi connectivity index (χ4n) is 2.89. The second-order valence-electron chi connectivity index (χ2n) is 7.61. The van der Waals surface area contributed by atoms with Crippen LogP contribution in [0.3, 0.4) is 0 Å². The van der Waals surface area contributed by atoms with Gasteiger partial charge < -0.3 is 20.7 Å². The summed E-state index contributed by atoms with van der Waals surface area (Å²) in [5.74, 6) is 0.413. The Morgan fingerprint density at radius 1 is 1.35 bits per heavy atom. The van der Waals surface area contributed by atoms with Crippen molar-refractivity contribution in [1.82, 2.24) is 16.0 Å². The zero-order chi connectivity index (χ0) is 19.4. The third kappa shape index (κ3) is 9.73. The van der Waals surface area contributed by atoms with E-state index in [1.807, 2.05) is 0 Å². The van der Waals surface area contributed by atoms with Gasteiger partial charge in [0.25, 0.3) is 0 Å². The number of carbonyl (C=O) groups excluding carboxylic acids is 2. The van der Waals surface area contributed by atoms with Crippen molar-refractivity contribution in [1.29, 1.82) is 5.26 Å². The minimum Gasteiger partial charge on any atom is -0.377 e. The van der Waals surface area contributed by atoms with Crippen molar-refractivity contribution in [3.8, 4) is 6.07 Å². The molecule has 3 unspecified atom stereocenters. The van der Waals surface area contributed by atoms with Crippen LogP contribution in [0.4, 0.5) is 0 Å². The number of nitriles is 1. The predicted molar refractivity (Wildman–Crippen MR) is 100 cm³/mol. The van der Waals surface area contributed by atoms with Crippen molar-refractivity contribution in [2.45, 2.75) is 65.0 Å². The van der Waals surface area contributed by atoms with Gasteiger partial charge in [0.05, 0.1) is 18.7 Å². The zero-order valence-electron chi connectivity index (χ0n) is 16.3. The second-order valence-corrected chi connectivity index (χ2v) is 7.61. The molecule has 0 spiro atoms. The third-order valence-corrected chi connectivity index (χ3v) is 4.09. The quantitative estimate of drug-likeness (QED) is 0.631. The Bertz CT molecular complexity index is 467. The highest BCUT2D eigenvalue weighted by atomic mass is 16.5. The highest BCUT2D eigenvalue weighted by molar-refractivity contribution is 5.80. The van der Waals surface area contributed by atoms with Gasteiger partial charge in [0.2, 0.25) is 11.8 Å². The Hall–Kier alpha value is -1.65. The SMILES string of the molecule is CC(C)C.N#CC(CC1CCCNC1=O)NC(=O)CNCC1CCCO1. The van der Waals surface area contributed by atoms with Crippen LogP contribution in [0, 0.1) is 23.2 Å². The van der Waals surface area contributed by atoms with Crippen molar-refractivity contribution < 1.29 is 14.3 Å². The lowest BCUT2D eigenvalue weighted by Crippen LogP contribution is -2.44. The Labute approximate surface area is 157 Å². The van der Waals surface area contributed by atoms with E-state index >= 15 is 0 Å². The summed E-state index contributed by atoms with van der Waals surface area (Å²) in [4.78, 5) is 23.5. The molecular formula is C19H34N4O3. The van der Waals surface area contributed by atoms with Crippen LogP contribution in [-0.4, -0.2) is 50.2 Å². The molecule has 148 valence electrons. The molecule has 0 bridgehead atoms. The van der Waals surface area contributed by atoms with Crippen molar-refractivity contribution >= 4 is 11.8 Å². The zero-order valence-corrected chi connectivity index (χ0v) is 16.3. The highest BCUT2D eigenvalue weighted by Gasteiger charge is 2.26. The van der Waals surface area contributed by atoms with Crippen LogP contribution in [0.5, 0.6) is 0 Å². The molecule has 2 rings (SSSR count). The van der Waals surface area contributed by atoms with Crippen LogP contribution < -0.4 is 16.0 Å². The first-order chi connectivity index (χ1) is 12.4. The molecule has 3 atom stereocenters. The fraction of sp³-hybridized carbons (Fsp3) is 0.842. The molecule has 0 aromatic rings. The number of carbonyl (C=O) groups is 2. The summed E-state index contributed by atoms with van der Waals surface area (Å²) in [6.45, 7) is 8.80. The van der Waals surface area contributed by atoms with Gasteiger partial charge in [-0.05, 0) is 38.0 Å². The first-order valence-electron chi connectivity index (χ1n) is 9.71. The molecule has 7 nitrogen and oxygen atoms in total. The summed E-state index contributed by atoms with van der Waals surface area (Å²) in [5, 5.41) is 17.7. The van der Waals surface area contributed by atoms with E-state index in [1.165, 1.54) is 0 Å². The fourth-order valence-corrected chi connectivity index (χ4v) is 2.89. The molecule has 2 heterocycles. The first kappa shape index (κ1) is 22.4. The smallest absolute Gasteiger partial charge is 0.234 e. The summed E-state index contributed by atoms with van der Waals surface area (Å²) >= 11 is 0. The lowest BCUT2D eigenvalue weighted by molar-refractivity contribution is -0.127. The topological polar surface area (TPSA) is 103 Å². The van der Waals surface area contributed by atoms with Crippen LogP contribution in [0.25, 0.3) is 0 Å². The number of hydrogen-bond acceptors (Lipinski definition) is 5. The molecular weight excluding hydrogens is 332 g/mol. The van der Waals surface area contributed by atoms with E-state index in [9.17, 15) is 9.59 Å². The molecule has 2 aliphatic heterocycles. The van der Waals surface area contributed by atoms with Crippen LogP contribution in [-0.2, 0) is 14.3 Å². The van der Waals surface area contributed by atoms with Crippen molar-refractivity contribution in [3.63, 3.8) is 0 Å². The summed E-state index contributed by atoms with van der Waals surface area (Å²) in [7, 11) is 0. The van der Waals surface area contributed by atoms with Gasteiger partial charge in [-0.15, -0.1) is 0 Å². The Balaban J connectivity index is 0.000000765. The normalized spacial score (nSPS) is 23.4. The second kappa shape index (κ2) is 12.7. The van der Waals surface area contributed by atoms with Gasteiger partial charge in [0, 0.05) is 25.6 Å². The van der Waals surface area contributed by atoms with E-state index < -0.39 is 6.04 Å². The average molecular weight is 367 g/mol. The largest absolute Gasteiger partial charge is 0.377 e. The highest BCUT2D eigenvalue weighted by Crippen LogP contribution is 2.17. The Kier molecular flexibility index (Phi) is 10.9. The predicted octanol–water partition coefficient (Wildman–Crippen LogP) is 1.34. The first-order valence-corrected chi connectivity index (χ1v) is 9.71. The van der Waals surface area contributed by atoms with E-state index in [0.717, 1.165) is 38.2 Å². The van der Waals surface area contributed by atoms with Crippen molar-refractivity contribution in [3.05, 3.63) is 0 Å². The summed E-state index contributed by atoms with van der Waals surface area (Å²) < 4.78 is 5.46. The number of piperidine rings is 1. The van der Waals surface area contributed by atoms with E-state index in [2.05, 4.69) is 42.8 Å². The molecule has 2 amide bonds. The molecule has 0 aromatic heterocycles. The number of amides is 2. The molecule has 2 saturated heterocycles. The lowest BCUT2D eigenvalue weighted by atomic mass is 9.92. The summed E-state index contributed by atoms with van der Waals surface area (Å²) in [6.07, 6.45) is 4.35.